The quantitative estimate of drug-likeness (QED) is 0.479. The van der Waals surface area contributed by atoms with Crippen LogP contribution in [0.15, 0.2) is 30.3 Å². The fourth-order valence-corrected chi connectivity index (χ4v) is 4.22. The number of thiocarbonyl (C=S) groups is 1. The van der Waals surface area contributed by atoms with Gasteiger partial charge in [-0.2, -0.15) is 0 Å². The zero-order chi connectivity index (χ0) is 21.7. The number of nitrogens with one attached hydrogen (secondary N) is 2. The van der Waals surface area contributed by atoms with Crippen molar-refractivity contribution in [2.45, 2.75) is 51.6 Å². The summed E-state index contributed by atoms with van der Waals surface area (Å²) in [6.07, 6.45) is 0.808. The molecule has 2 atom stereocenters. The van der Waals surface area contributed by atoms with E-state index in [1.807, 2.05) is 30.3 Å². The van der Waals surface area contributed by atoms with Crippen molar-refractivity contribution in [3.8, 4) is 0 Å². The van der Waals surface area contributed by atoms with E-state index in [4.69, 9.17) is 17.0 Å². The molecule has 2 rings (SSSR count). The monoisotopic (exact) mass is 421 g/mol. The molecule has 1 amide bonds. The van der Waals surface area contributed by atoms with E-state index < -0.39 is 11.6 Å². The summed E-state index contributed by atoms with van der Waals surface area (Å²) in [5, 5.41) is 16.5. The Hall–Kier alpha value is -2.35. The minimum atomic E-state index is -0.911. The van der Waals surface area contributed by atoms with Crippen LogP contribution in [0, 0.1) is 5.41 Å². The number of benzene rings is 1. The van der Waals surface area contributed by atoms with Crippen LogP contribution >= 0.6 is 12.2 Å². The second kappa shape index (κ2) is 9.43. The second-order valence-corrected chi connectivity index (χ2v) is 8.80. The van der Waals surface area contributed by atoms with Gasteiger partial charge >= 0.3 is 12.1 Å². The van der Waals surface area contributed by atoms with E-state index in [1.165, 1.54) is 12.0 Å². The van der Waals surface area contributed by atoms with Crippen molar-refractivity contribution in [2.24, 2.45) is 5.41 Å². The summed E-state index contributed by atoms with van der Waals surface area (Å²) in [5.74, 6) is -0.340. The van der Waals surface area contributed by atoms with Crippen LogP contribution in [0.3, 0.4) is 0 Å². The standard InChI is InChI=1S/C21H31N3O4S/c1-20(2,3)21(11-8-12-24(21)19(26)27)14-22-18(29)23-16(13-17(25)28-4)15-9-6-5-7-10-15/h5-7,9-10,16H,8,11-14H2,1-4H3,(H,26,27)(H2,22,23,29)/t16-,21+/m0/s1. The lowest BCUT2D eigenvalue weighted by Gasteiger charge is -2.47. The number of esters is 1. The fraction of sp³-hybridized carbons (Fsp3) is 0.571. The first kappa shape index (κ1) is 22.9. The van der Waals surface area contributed by atoms with Crippen LogP contribution in [0.4, 0.5) is 4.79 Å². The van der Waals surface area contributed by atoms with Crippen LogP contribution in [0.1, 0.15) is 51.6 Å². The Morgan fingerprint density at radius 2 is 1.97 bits per heavy atom. The predicted octanol–water partition coefficient (Wildman–Crippen LogP) is 3.31. The molecule has 1 saturated heterocycles. The lowest BCUT2D eigenvalue weighted by molar-refractivity contribution is -0.141. The molecule has 0 unspecified atom stereocenters. The molecular weight excluding hydrogens is 390 g/mol. The van der Waals surface area contributed by atoms with E-state index in [0.29, 0.717) is 18.2 Å². The van der Waals surface area contributed by atoms with Crippen LogP contribution in [-0.2, 0) is 9.53 Å². The maximum atomic E-state index is 11.8. The minimum absolute atomic E-state index is 0.133. The molecule has 1 aromatic rings. The van der Waals surface area contributed by atoms with Gasteiger partial charge in [0, 0.05) is 13.1 Å². The van der Waals surface area contributed by atoms with Crippen molar-refractivity contribution in [1.29, 1.82) is 0 Å². The number of methoxy groups -OCH3 is 1. The maximum absolute atomic E-state index is 11.8. The molecule has 29 heavy (non-hydrogen) atoms. The third-order valence-corrected chi connectivity index (χ3v) is 6.03. The lowest BCUT2D eigenvalue weighted by Crippen LogP contribution is -2.61. The summed E-state index contributed by atoms with van der Waals surface area (Å²) >= 11 is 5.49. The summed E-state index contributed by atoms with van der Waals surface area (Å²) in [6, 6.07) is 9.20. The number of rotatable bonds is 6. The van der Waals surface area contributed by atoms with Gasteiger partial charge in [-0.3, -0.25) is 4.79 Å². The molecule has 1 aromatic carbocycles. The van der Waals surface area contributed by atoms with Gasteiger partial charge in [0.05, 0.1) is 25.1 Å². The summed E-state index contributed by atoms with van der Waals surface area (Å²) in [4.78, 5) is 25.2. The van der Waals surface area contributed by atoms with E-state index >= 15 is 0 Å². The highest BCUT2D eigenvalue weighted by atomic mass is 32.1. The number of carbonyl (C=O) groups excluding carboxylic acids is 1. The number of carbonyl (C=O) groups is 2. The molecule has 3 N–H and O–H groups in total. The molecule has 0 aliphatic carbocycles. The van der Waals surface area contributed by atoms with Crippen molar-refractivity contribution in [2.75, 3.05) is 20.2 Å². The summed E-state index contributed by atoms with van der Waals surface area (Å²) in [6.45, 7) is 7.07. The molecule has 0 bridgehead atoms. The van der Waals surface area contributed by atoms with E-state index in [-0.39, 0.29) is 23.8 Å². The molecule has 0 radical (unpaired) electrons. The van der Waals surface area contributed by atoms with E-state index in [0.717, 1.165) is 18.4 Å². The Bertz CT molecular complexity index is 735. The zero-order valence-electron chi connectivity index (χ0n) is 17.5. The normalized spacial score (nSPS) is 20.1. The van der Waals surface area contributed by atoms with Gasteiger partial charge in [-0.25, -0.2) is 4.79 Å². The van der Waals surface area contributed by atoms with Crippen molar-refractivity contribution in [3.63, 3.8) is 0 Å². The van der Waals surface area contributed by atoms with E-state index in [9.17, 15) is 14.7 Å². The number of nitrogens with zero attached hydrogens (tertiary/aromatic N) is 1. The Labute approximate surface area is 177 Å². The average molecular weight is 422 g/mol. The van der Waals surface area contributed by atoms with Crippen molar-refractivity contribution in [3.05, 3.63) is 35.9 Å². The summed E-state index contributed by atoms with van der Waals surface area (Å²) < 4.78 is 4.81. The summed E-state index contributed by atoms with van der Waals surface area (Å²) in [5.41, 5.74) is 0.0884. The molecule has 8 heteroatoms. The predicted molar refractivity (Wildman–Crippen MR) is 116 cm³/mol. The number of likely N-dealkylation sites (tertiary alicyclic amines) is 1. The molecule has 0 saturated carbocycles. The van der Waals surface area contributed by atoms with Gasteiger partial charge in [0.1, 0.15) is 0 Å². The molecule has 7 nitrogen and oxygen atoms in total. The summed E-state index contributed by atoms with van der Waals surface area (Å²) in [7, 11) is 1.36. The van der Waals surface area contributed by atoms with Gasteiger partial charge in [0.15, 0.2) is 5.11 Å². The van der Waals surface area contributed by atoms with Gasteiger partial charge in [0.25, 0.3) is 0 Å². The van der Waals surface area contributed by atoms with Crippen LogP contribution < -0.4 is 10.6 Å². The number of amides is 1. The molecule has 1 fully saturated rings. The zero-order valence-corrected chi connectivity index (χ0v) is 18.3. The maximum Gasteiger partial charge on any atom is 0.407 e. The Morgan fingerprint density at radius 3 is 2.52 bits per heavy atom. The van der Waals surface area contributed by atoms with Gasteiger partial charge < -0.3 is 25.4 Å². The second-order valence-electron chi connectivity index (χ2n) is 8.39. The molecule has 0 aromatic heterocycles. The largest absolute Gasteiger partial charge is 0.469 e. The highest BCUT2D eigenvalue weighted by molar-refractivity contribution is 7.80. The Morgan fingerprint density at radius 1 is 1.31 bits per heavy atom. The first-order chi connectivity index (χ1) is 13.6. The first-order valence-electron chi connectivity index (χ1n) is 9.77. The van der Waals surface area contributed by atoms with Crippen LogP contribution in [0.2, 0.25) is 0 Å². The highest BCUT2D eigenvalue weighted by Crippen LogP contribution is 2.43. The molecule has 1 heterocycles. The third-order valence-electron chi connectivity index (χ3n) is 5.76. The van der Waals surface area contributed by atoms with Crippen LogP contribution in [0.5, 0.6) is 0 Å². The number of carboxylic acid groups (broad SMARTS) is 1. The highest BCUT2D eigenvalue weighted by Gasteiger charge is 2.51. The average Bonchev–Trinajstić information content (AvgIpc) is 3.12. The van der Waals surface area contributed by atoms with E-state index in [1.54, 1.807) is 0 Å². The van der Waals surface area contributed by atoms with Gasteiger partial charge in [0.2, 0.25) is 0 Å². The van der Waals surface area contributed by atoms with Gasteiger partial charge in [-0.05, 0) is 36.0 Å². The smallest absolute Gasteiger partial charge is 0.407 e. The van der Waals surface area contributed by atoms with Crippen molar-refractivity contribution < 1.29 is 19.4 Å². The van der Waals surface area contributed by atoms with Crippen LogP contribution in [0.25, 0.3) is 0 Å². The molecular formula is C21H31N3O4S. The first-order valence-corrected chi connectivity index (χ1v) is 10.2. The topological polar surface area (TPSA) is 90.9 Å². The van der Waals surface area contributed by atoms with Crippen LogP contribution in [-0.4, -0.2) is 52.9 Å². The molecule has 0 spiro atoms. The Kier molecular flexibility index (Phi) is 7.46. The number of hydrogen-bond acceptors (Lipinski definition) is 4. The van der Waals surface area contributed by atoms with Gasteiger partial charge in [-0.15, -0.1) is 0 Å². The SMILES string of the molecule is COC(=O)C[C@H](NC(=S)NC[C@@]1(C(C)(C)C)CCCN1C(=O)O)c1ccccc1. The molecule has 1 aliphatic heterocycles. The molecule has 160 valence electrons. The minimum Gasteiger partial charge on any atom is -0.469 e. The van der Waals surface area contributed by atoms with E-state index in [2.05, 4.69) is 31.4 Å². The van der Waals surface area contributed by atoms with Gasteiger partial charge in [-0.1, -0.05) is 51.1 Å². The number of ether oxygens (including phenoxy) is 1. The lowest BCUT2D eigenvalue weighted by atomic mass is 9.71. The third kappa shape index (κ3) is 5.38. The molecule has 1 aliphatic rings. The van der Waals surface area contributed by atoms with Crippen molar-refractivity contribution in [1.82, 2.24) is 15.5 Å². The fourth-order valence-electron chi connectivity index (χ4n) is 4.01. The Balaban J connectivity index is 2.12. The van der Waals surface area contributed by atoms with Crippen molar-refractivity contribution >= 4 is 29.4 Å². The number of hydrogen-bond donors (Lipinski definition) is 3.